The lowest BCUT2D eigenvalue weighted by Crippen LogP contribution is -2.07. The lowest BCUT2D eigenvalue weighted by Gasteiger charge is -2.01. The van der Waals surface area contributed by atoms with Crippen molar-refractivity contribution in [3.8, 4) is 0 Å². The van der Waals surface area contributed by atoms with Crippen LogP contribution in [0, 0.1) is 5.92 Å². The first kappa shape index (κ1) is 8.43. The number of rotatable bonds is 3. The number of hydrogen-bond donors (Lipinski definition) is 1. The SMILES string of the molecule is CC(C)CC(=O)OCO. The van der Waals surface area contributed by atoms with Gasteiger partial charge in [-0.15, -0.1) is 0 Å². The molecule has 0 amide bonds. The summed E-state index contributed by atoms with van der Waals surface area (Å²) in [5.74, 6) is -0.0449. The van der Waals surface area contributed by atoms with Crippen molar-refractivity contribution in [1.82, 2.24) is 0 Å². The minimum atomic E-state index is -0.508. The standard InChI is InChI=1S/C6H12O3/c1-5(2)3-6(8)9-4-7/h5,7H,3-4H2,1-2H3. The molecule has 0 atom stereocenters. The van der Waals surface area contributed by atoms with E-state index in [4.69, 9.17) is 5.11 Å². The average Bonchev–Trinajstić information content (AvgIpc) is 1.63. The average molecular weight is 132 g/mol. The Labute approximate surface area is 54.6 Å². The monoisotopic (exact) mass is 132 g/mol. The summed E-state index contributed by atoms with van der Waals surface area (Å²) in [4.78, 5) is 10.5. The number of carbonyl (C=O) groups excluding carboxylic acids is 1. The van der Waals surface area contributed by atoms with Crippen LogP contribution < -0.4 is 0 Å². The van der Waals surface area contributed by atoms with E-state index in [0.29, 0.717) is 12.3 Å². The first-order valence-electron chi connectivity index (χ1n) is 2.93. The zero-order chi connectivity index (χ0) is 7.28. The molecule has 0 heterocycles. The molecule has 0 aliphatic carbocycles. The lowest BCUT2D eigenvalue weighted by molar-refractivity contribution is -0.152. The number of ether oxygens (including phenoxy) is 1. The predicted molar refractivity (Wildman–Crippen MR) is 32.6 cm³/mol. The molecule has 54 valence electrons. The van der Waals surface area contributed by atoms with Crippen molar-refractivity contribution in [2.24, 2.45) is 5.92 Å². The summed E-state index contributed by atoms with van der Waals surface area (Å²) in [6.45, 7) is 3.32. The second-order valence-corrected chi connectivity index (χ2v) is 2.24. The quantitative estimate of drug-likeness (QED) is 0.450. The number of carbonyl (C=O) groups is 1. The first-order chi connectivity index (χ1) is 4.16. The lowest BCUT2D eigenvalue weighted by atomic mass is 10.1. The van der Waals surface area contributed by atoms with Crippen LogP contribution in [0.5, 0.6) is 0 Å². The maximum atomic E-state index is 10.5. The van der Waals surface area contributed by atoms with Crippen LogP contribution >= 0.6 is 0 Å². The minimum absolute atomic E-state index is 0.295. The number of esters is 1. The third kappa shape index (κ3) is 5.30. The molecule has 0 aliphatic rings. The van der Waals surface area contributed by atoms with Gasteiger partial charge in [0.1, 0.15) is 0 Å². The molecule has 0 aromatic heterocycles. The largest absolute Gasteiger partial charge is 0.439 e. The van der Waals surface area contributed by atoms with Gasteiger partial charge in [-0.1, -0.05) is 13.8 Å². The van der Waals surface area contributed by atoms with Crippen LogP contribution in [-0.4, -0.2) is 17.9 Å². The van der Waals surface area contributed by atoms with Crippen molar-refractivity contribution in [3.05, 3.63) is 0 Å². The van der Waals surface area contributed by atoms with E-state index < -0.39 is 6.79 Å². The molecular formula is C6H12O3. The molecule has 0 fully saturated rings. The van der Waals surface area contributed by atoms with E-state index in [1.165, 1.54) is 0 Å². The Kier molecular flexibility index (Phi) is 4.05. The number of hydrogen-bond acceptors (Lipinski definition) is 3. The van der Waals surface area contributed by atoms with Crippen molar-refractivity contribution in [1.29, 1.82) is 0 Å². The molecule has 3 heteroatoms. The highest BCUT2D eigenvalue weighted by Gasteiger charge is 2.03. The first-order valence-corrected chi connectivity index (χ1v) is 2.93. The van der Waals surface area contributed by atoms with E-state index in [1.54, 1.807) is 0 Å². The molecule has 0 spiro atoms. The van der Waals surface area contributed by atoms with Crippen LogP contribution in [0.4, 0.5) is 0 Å². The molecule has 3 nitrogen and oxygen atoms in total. The van der Waals surface area contributed by atoms with Crippen molar-refractivity contribution in [2.75, 3.05) is 6.79 Å². The van der Waals surface area contributed by atoms with Gasteiger partial charge < -0.3 is 9.84 Å². The van der Waals surface area contributed by atoms with E-state index >= 15 is 0 Å². The van der Waals surface area contributed by atoms with Gasteiger partial charge in [0.2, 0.25) is 0 Å². The summed E-state index contributed by atoms with van der Waals surface area (Å²) in [5, 5.41) is 8.11. The molecule has 0 unspecified atom stereocenters. The summed E-state index contributed by atoms with van der Waals surface area (Å²) in [7, 11) is 0. The van der Waals surface area contributed by atoms with Gasteiger partial charge in [0.05, 0.1) is 0 Å². The van der Waals surface area contributed by atoms with Crippen LogP contribution in [0.3, 0.4) is 0 Å². The third-order valence-electron chi connectivity index (χ3n) is 0.800. The summed E-state index contributed by atoms with van der Waals surface area (Å²) in [6.07, 6.45) is 0.376. The highest BCUT2D eigenvalue weighted by molar-refractivity contribution is 5.69. The zero-order valence-corrected chi connectivity index (χ0v) is 5.76. The van der Waals surface area contributed by atoms with Crippen molar-refractivity contribution in [3.63, 3.8) is 0 Å². The predicted octanol–water partition coefficient (Wildman–Crippen LogP) is 0.526. The third-order valence-corrected chi connectivity index (χ3v) is 0.800. The number of aliphatic hydroxyl groups is 1. The molecule has 9 heavy (non-hydrogen) atoms. The van der Waals surface area contributed by atoms with E-state index in [2.05, 4.69) is 4.74 Å². The van der Waals surface area contributed by atoms with Crippen LogP contribution in [0.25, 0.3) is 0 Å². The molecule has 0 bridgehead atoms. The van der Waals surface area contributed by atoms with Gasteiger partial charge in [0.15, 0.2) is 6.79 Å². The van der Waals surface area contributed by atoms with Gasteiger partial charge >= 0.3 is 5.97 Å². The summed E-state index contributed by atoms with van der Waals surface area (Å²) in [6, 6.07) is 0. The Morgan fingerprint density at radius 3 is 2.56 bits per heavy atom. The number of aliphatic hydroxyl groups excluding tert-OH is 1. The fourth-order valence-corrected chi connectivity index (χ4v) is 0.464. The Hall–Kier alpha value is -0.570. The molecule has 1 N–H and O–H groups in total. The molecule has 0 aliphatic heterocycles. The van der Waals surface area contributed by atoms with Crippen molar-refractivity contribution < 1.29 is 14.6 Å². The zero-order valence-electron chi connectivity index (χ0n) is 5.76. The summed E-state index contributed by atoms with van der Waals surface area (Å²) in [5.41, 5.74) is 0. The second kappa shape index (κ2) is 4.32. The van der Waals surface area contributed by atoms with Crippen LogP contribution in [0.2, 0.25) is 0 Å². The molecule has 0 rings (SSSR count). The van der Waals surface area contributed by atoms with E-state index in [-0.39, 0.29) is 5.97 Å². The minimum Gasteiger partial charge on any atom is -0.439 e. The molecule has 0 aromatic rings. The smallest absolute Gasteiger partial charge is 0.308 e. The van der Waals surface area contributed by atoms with Crippen molar-refractivity contribution >= 4 is 5.97 Å². The van der Waals surface area contributed by atoms with Gasteiger partial charge in [-0.25, -0.2) is 0 Å². The van der Waals surface area contributed by atoms with Gasteiger partial charge in [-0.2, -0.15) is 0 Å². The molecular weight excluding hydrogens is 120 g/mol. The molecule has 0 aromatic carbocycles. The van der Waals surface area contributed by atoms with Crippen LogP contribution in [0.1, 0.15) is 20.3 Å². The topological polar surface area (TPSA) is 46.5 Å². The fraction of sp³-hybridized carbons (Fsp3) is 0.833. The van der Waals surface area contributed by atoms with E-state index in [1.807, 2.05) is 13.8 Å². The Morgan fingerprint density at radius 2 is 2.22 bits per heavy atom. The van der Waals surface area contributed by atoms with E-state index in [0.717, 1.165) is 0 Å². The Balaban J connectivity index is 3.27. The van der Waals surface area contributed by atoms with Crippen LogP contribution in [0.15, 0.2) is 0 Å². The van der Waals surface area contributed by atoms with Crippen molar-refractivity contribution in [2.45, 2.75) is 20.3 Å². The summed E-state index contributed by atoms with van der Waals surface area (Å²) < 4.78 is 4.27. The van der Waals surface area contributed by atoms with Gasteiger partial charge in [-0.3, -0.25) is 4.79 Å². The fourth-order valence-electron chi connectivity index (χ4n) is 0.464. The molecule has 0 saturated carbocycles. The van der Waals surface area contributed by atoms with Gasteiger partial charge in [-0.05, 0) is 5.92 Å². The second-order valence-electron chi connectivity index (χ2n) is 2.24. The van der Waals surface area contributed by atoms with Gasteiger partial charge in [0, 0.05) is 6.42 Å². The highest BCUT2D eigenvalue weighted by Crippen LogP contribution is 1.99. The molecule has 0 saturated heterocycles. The maximum absolute atomic E-state index is 10.5. The normalized spacial score (nSPS) is 9.78. The van der Waals surface area contributed by atoms with Crippen LogP contribution in [-0.2, 0) is 9.53 Å². The molecule has 0 radical (unpaired) electrons. The highest BCUT2D eigenvalue weighted by atomic mass is 16.6. The Morgan fingerprint density at radius 1 is 1.67 bits per heavy atom. The van der Waals surface area contributed by atoms with E-state index in [9.17, 15) is 4.79 Å². The summed E-state index contributed by atoms with van der Waals surface area (Å²) >= 11 is 0. The Bertz CT molecular complexity index is 88.3. The van der Waals surface area contributed by atoms with Gasteiger partial charge in [0.25, 0.3) is 0 Å². The maximum Gasteiger partial charge on any atom is 0.308 e.